The number of likely N-dealkylation sites (tertiary alicyclic amines) is 1. The van der Waals surface area contributed by atoms with Gasteiger partial charge in [0.05, 0.1) is 15.9 Å². The minimum atomic E-state index is -0.980. The summed E-state index contributed by atoms with van der Waals surface area (Å²) >= 11 is 5.91. The van der Waals surface area contributed by atoms with Crippen molar-refractivity contribution in [3.8, 4) is 0 Å². The van der Waals surface area contributed by atoms with Crippen LogP contribution >= 0.6 is 11.6 Å². The molecule has 0 unspecified atom stereocenters. The number of hydrogen-bond donors (Lipinski definition) is 1. The molecule has 1 aliphatic rings. The van der Waals surface area contributed by atoms with Crippen molar-refractivity contribution in [2.45, 2.75) is 6.92 Å². The van der Waals surface area contributed by atoms with Crippen LogP contribution in [-0.2, 0) is 4.79 Å². The van der Waals surface area contributed by atoms with E-state index in [9.17, 15) is 19.7 Å². The number of benzene rings is 1. The van der Waals surface area contributed by atoms with Crippen molar-refractivity contribution in [2.75, 3.05) is 13.1 Å². The van der Waals surface area contributed by atoms with E-state index in [1.807, 2.05) is 0 Å². The van der Waals surface area contributed by atoms with Gasteiger partial charge in [-0.15, -0.1) is 0 Å². The highest BCUT2D eigenvalue weighted by atomic mass is 35.5. The number of hydrogen-bond acceptors (Lipinski definition) is 4. The Hall–Kier alpha value is -2.15. The molecule has 2 atom stereocenters. The van der Waals surface area contributed by atoms with Crippen molar-refractivity contribution < 1.29 is 19.6 Å². The first-order valence-electron chi connectivity index (χ1n) is 6.28. The topological polar surface area (TPSA) is 101 Å². The molecule has 112 valence electrons. The molecule has 0 saturated carbocycles. The third-order valence-electron chi connectivity index (χ3n) is 3.62. The zero-order valence-corrected chi connectivity index (χ0v) is 11.9. The fraction of sp³-hybridized carbons (Fsp3) is 0.385. The molecule has 7 nitrogen and oxygen atoms in total. The van der Waals surface area contributed by atoms with Gasteiger partial charge in [-0.3, -0.25) is 19.7 Å². The summed E-state index contributed by atoms with van der Waals surface area (Å²) in [6, 6.07) is 3.99. The Morgan fingerprint density at radius 2 is 2.10 bits per heavy atom. The Balaban J connectivity index is 2.34. The summed E-state index contributed by atoms with van der Waals surface area (Å²) < 4.78 is 0. The van der Waals surface area contributed by atoms with E-state index in [1.54, 1.807) is 6.92 Å². The van der Waals surface area contributed by atoms with E-state index in [2.05, 4.69) is 0 Å². The maximum absolute atomic E-state index is 12.5. The van der Waals surface area contributed by atoms with Crippen LogP contribution in [0.4, 0.5) is 5.69 Å². The van der Waals surface area contributed by atoms with Gasteiger partial charge in [0.1, 0.15) is 5.56 Å². The predicted molar refractivity (Wildman–Crippen MR) is 74.3 cm³/mol. The molecule has 1 aliphatic heterocycles. The maximum atomic E-state index is 12.5. The monoisotopic (exact) mass is 312 g/mol. The van der Waals surface area contributed by atoms with E-state index in [-0.39, 0.29) is 35.3 Å². The lowest BCUT2D eigenvalue weighted by Gasteiger charge is -2.16. The molecule has 1 amide bonds. The van der Waals surface area contributed by atoms with Gasteiger partial charge < -0.3 is 10.0 Å². The molecule has 0 bridgehead atoms. The van der Waals surface area contributed by atoms with Crippen LogP contribution in [0.1, 0.15) is 17.3 Å². The second kappa shape index (κ2) is 5.69. The molecule has 0 spiro atoms. The summed E-state index contributed by atoms with van der Waals surface area (Å²) in [5.74, 6) is -2.47. The van der Waals surface area contributed by atoms with Gasteiger partial charge in [-0.25, -0.2) is 0 Å². The van der Waals surface area contributed by atoms with Gasteiger partial charge in [0, 0.05) is 19.2 Å². The second-order valence-corrected chi connectivity index (χ2v) is 5.43. The van der Waals surface area contributed by atoms with E-state index >= 15 is 0 Å². The molecule has 0 aromatic heterocycles. The Morgan fingerprint density at radius 1 is 1.43 bits per heavy atom. The van der Waals surface area contributed by atoms with Crippen LogP contribution in [0.25, 0.3) is 0 Å². The van der Waals surface area contributed by atoms with Crippen molar-refractivity contribution in [1.29, 1.82) is 0 Å². The number of amides is 1. The fourth-order valence-corrected chi connectivity index (χ4v) is 2.74. The number of carboxylic acid groups (broad SMARTS) is 1. The van der Waals surface area contributed by atoms with Gasteiger partial charge in [0.2, 0.25) is 0 Å². The zero-order valence-electron chi connectivity index (χ0n) is 11.2. The first-order valence-corrected chi connectivity index (χ1v) is 6.65. The van der Waals surface area contributed by atoms with Crippen LogP contribution in [0.2, 0.25) is 5.02 Å². The quantitative estimate of drug-likeness (QED) is 0.680. The highest BCUT2D eigenvalue weighted by molar-refractivity contribution is 6.34. The highest BCUT2D eigenvalue weighted by Gasteiger charge is 2.39. The number of rotatable bonds is 3. The normalized spacial score (nSPS) is 21.3. The summed E-state index contributed by atoms with van der Waals surface area (Å²) in [6.07, 6.45) is 0. The number of carboxylic acids is 1. The highest BCUT2D eigenvalue weighted by Crippen LogP contribution is 2.31. The standard InChI is InChI=1S/C13H13ClN2O5/c1-7-5-15(6-8(7)13(18)19)12(17)11-9(14)3-2-4-10(11)16(20)21/h2-4,7-8H,5-6H2,1H3,(H,18,19)/t7-,8-/m1/s1. The third kappa shape index (κ3) is 2.82. The predicted octanol–water partition coefficient (Wildman–Crippen LogP) is 2.04. The lowest BCUT2D eigenvalue weighted by molar-refractivity contribution is -0.385. The molecule has 1 saturated heterocycles. The van der Waals surface area contributed by atoms with Gasteiger partial charge in [-0.05, 0) is 12.0 Å². The van der Waals surface area contributed by atoms with Crippen LogP contribution in [-0.4, -0.2) is 39.9 Å². The minimum absolute atomic E-state index is 0.0133. The lowest BCUT2D eigenvalue weighted by Crippen LogP contribution is -2.30. The number of nitro groups is 1. The van der Waals surface area contributed by atoms with Gasteiger partial charge in [0.25, 0.3) is 11.6 Å². The second-order valence-electron chi connectivity index (χ2n) is 5.02. The molecular formula is C13H13ClN2O5. The van der Waals surface area contributed by atoms with Crippen molar-refractivity contribution in [2.24, 2.45) is 11.8 Å². The summed E-state index contributed by atoms with van der Waals surface area (Å²) in [4.78, 5) is 35.2. The third-order valence-corrected chi connectivity index (χ3v) is 3.93. The smallest absolute Gasteiger partial charge is 0.308 e. The number of carbonyl (C=O) groups excluding carboxylic acids is 1. The van der Waals surface area contributed by atoms with E-state index < -0.39 is 22.7 Å². The largest absolute Gasteiger partial charge is 0.481 e. The molecule has 21 heavy (non-hydrogen) atoms. The molecule has 1 N–H and O–H groups in total. The average molecular weight is 313 g/mol. The molecule has 1 aromatic carbocycles. The van der Waals surface area contributed by atoms with Crippen molar-refractivity contribution in [3.05, 3.63) is 38.9 Å². The molecule has 1 aromatic rings. The molecule has 1 fully saturated rings. The van der Waals surface area contributed by atoms with Gasteiger partial charge in [-0.2, -0.15) is 0 Å². The van der Waals surface area contributed by atoms with Crippen molar-refractivity contribution in [3.63, 3.8) is 0 Å². The van der Waals surface area contributed by atoms with E-state index in [0.29, 0.717) is 0 Å². The van der Waals surface area contributed by atoms with Gasteiger partial charge >= 0.3 is 5.97 Å². The molecule has 2 rings (SSSR count). The van der Waals surface area contributed by atoms with Crippen molar-refractivity contribution >= 4 is 29.2 Å². The Kier molecular flexibility index (Phi) is 4.13. The average Bonchev–Trinajstić information content (AvgIpc) is 2.80. The van der Waals surface area contributed by atoms with Crippen LogP contribution in [0, 0.1) is 22.0 Å². The van der Waals surface area contributed by atoms with Crippen LogP contribution in [0.5, 0.6) is 0 Å². The van der Waals surface area contributed by atoms with Crippen molar-refractivity contribution in [1.82, 2.24) is 4.90 Å². The number of carbonyl (C=O) groups is 2. The molecule has 8 heteroatoms. The van der Waals surface area contributed by atoms with Crippen LogP contribution in [0.3, 0.4) is 0 Å². The zero-order chi connectivity index (χ0) is 15.7. The van der Waals surface area contributed by atoms with E-state index in [4.69, 9.17) is 16.7 Å². The number of nitro benzene ring substituents is 1. The SMILES string of the molecule is C[C@@H]1CN(C(=O)c2c(Cl)cccc2[N+](=O)[O-])C[C@H]1C(=O)O. The fourth-order valence-electron chi connectivity index (χ4n) is 2.49. The van der Waals surface area contributed by atoms with E-state index in [1.165, 1.54) is 23.1 Å². The number of nitrogens with zero attached hydrogens (tertiary/aromatic N) is 2. The maximum Gasteiger partial charge on any atom is 0.308 e. The number of aliphatic carboxylic acids is 1. The molecule has 0 radical (unpaired) electrons. The molecule has 1 heterocycles. The molecule has 0 aliphatic carbocycles. The lowest BCUT2D eigenvalue weighted by atomic mass is 9.99. The minimum Gasteiger partial charge on any atom is -0.481 e. The summed E-state index contributed by atoms with van der Waals surface area (Å²) in [6.45, 7) is 1.99. The van der Waals surface area contributed by atoms with Crippen LogP contribution < -0.4 is 0 Å². The number of halogens is 1. The summed E-state index contributed by atoms with van der Waals surface area (Å²) in [5, 5.41) is 20.1. The first kappa shape index (κ1) is 15.2. The van der Waals surface area contributed by atoms with Gasteiger partial charge in [0.15, 0.2) is 0 Å². The Bertz CT molecular complexity index is 619. The molecular weight excluding hydrogens is 300 g/mol. The van der Waals surface area contributed by atoms with Gasteiger partial charge in [-0.1, -0.05) is 24.6 Å². The van der Waals surface area contributed by atoms with Crippen LogP contribution in [0.15, 0.2) is 18.2 Å². The van der Waals surface area contributed by atoms with E-state index in [0.717, 1.165) is 0 Å². The summed E-state index contributed by atoms with van der Waals surface area (Å²) in [5.41, 5.74) is -0.568. The Morgan fingerprint density at radius 3 is 2.62 bits per heavy atom. The summed E-state index contributed by atoms with van der Waals surface area (Å²) in [7, 11) is 0. The first-order chi connectivity index (χ1) is 9.82. The Labute approximate surface area is 125 Å².